The minimum absolute atomic E-state index is 0.0885. The highest BCUT2D eigenvalue weighted by Gasteiger charge is 2.28. The lowest BCUT2D eigenvalue weighted by Crippen LogP contribution is -2.53. The Labute approximate surface area is 170 Å². The predicted octanol–water partition coefficient (Wildman–Crippen LogP) is 3.48. The van der Waals surface area contributed by atoms with Gasteiger partial charge in [-0.2, -0.15) is 0 Å². The summed E-state index contributed by atoms with van der Waals surface area (Å²) in [5, 5.41) is 0. The molecule has 0 aromatic heterocycles. The monoisotopic (exact) mass is 452 g/mol. The Hall–Kier alpha value is -2.48. The van der Waals surface area contributed by atoms with Gasteiger partial charge in [-0.05, 0) is 49.4 Å². The fourth-order valence-corrected chi connectivity index (χ4v) is 3.23. The second-order valence-corrected chi connectivity index (χ2v) is 7.38. The maximum absolute atomic E-state index is 13.3. The van der Waals surface area contributed by atoms with Gasteiger partial charge in [0.2, 0.25) is 0 Å². The third-order valence-corrected chi connectivity index (χ3v) is 5.05. The van der Waals surface area contributed by atoms with E-state index >= 15 is 0 Å². The van der Waals surface area contributed by atoms with Gasteiger partial charge in [0.1, 0.15) is 5.75 Å². The van der Waals surface area contributed by atoms with Crippen molar-refractivity contribution in [2.24, 2.45) is 0 Å². The van der Waals surface area contributed by atoms with Gasteiger partial charge < -0.3 is 14.5 Å². The van der Waals surface area contributed by atoms with Crippen LogP contribution in [-0.4, -0.2) is 53.9 Å². The summed E-state index contributed by atoms with van der Waals surface area (Å²) < 4.78 is 33.0. The van der Waals surface area contributed by atoms with E-state index in [0.717, 1.165) is 16.6 Å². The second kappa shape index (κ2) is 8.68. The van der Waals surface area contributed by atoms with Crippen molar-refractivity contribution >= 4 is 27.7 Å². The number of carbonyl (C=O) groups is 2. The average molecular weight is 453 g/mol. The third kappa shape index (κ3) is 4.67. The SMILES string of the molecule is CC(Oc1ccc(Br)cc1)C(=O)N1CCN(C(=O)c2ccc(F)c(F)c2)CC1. The first-order valence-electron chi connectivity index (χ1n) is 8.80. The lowest BCUT2D eigenvalue weighted by molar-refractivity contribution is -0.139. The molecule has 5 nitrogen and oxygen atoms in total. The van der Waals surface area contributed by atoms with Crippen molar-refractivity contribution in [2.45, 2.75) is 13.0 Å². The van der Waals surface area contributed by atoms with Crippen molar-refractivity contribution in [3.63, 3.8) is 0 Å². The molecule has 1 heterocycles. The lowest BCUT2D eigenvalue weighted by Gasteiger charge is -2.36. The van der Waals surface area contributed by atoms with E-state index in [1.807, 2.05) is 12.1 Å². The molecule has 0 spiro atoms. The highest BCUT2D eigenvalue weighted by molar-refractivity contribution is 9.10. The molecule has 0 aliphatic carbocycles. The van der Waals surface area contributed by atoms with Crippen LogP contribution in [0.15, 0.2) is 46.9 Å². The number of carbonyl (C=O) groups excluding carboxylic acids is 2. The minimum atomic E-state index is -1.06. The van der Waals surface area contributed by atoms with Gasteiger partial charge in [0.05, 0.1) is 0 Å². The van der Waals surface area contributed by atoms with Gasteiger partial charge in [0.15, 0.2) is 17.7 Å². The van der Waals surface area contributed by atoms with E-state index < -0.39 is 17.7 Å². The number of piperazine rings is 1. The van der Waals surface area contributed by atoms with Crippen LogP contribution in [0.5, 0.6) is 5.75 Å². The third-order valence-electron chi connectivity index (χ3n) is 4.52. The van der Waals surface area contributed by atoms with Crippen molar-refractivity contribution in [1.82, 2.24) is 9.80 Å². The largest absolute Gasteiger partial charge is 0.481 e. The van der Waals surface area contributed by atoms with Crippen molar-refractivity contribution in [1.29, 1.82) is 0 Å². The summed E-state index contributed by atoms with van der Waals surface area (Å²) in [4.78, 5) is 28.2. The summed E-state index contributed by atoms with van der Waals surface area (Å²) in [6.45, 7) is 3.01. The summed E-state index contributed by atoms with van der Waals surface area (Å²) in [6, 6.07) is 10.3. The van der Waals surface area contributed by atoms with Crippen LogP contribution in [0, 0.1) is 11.6 Å². The normalized spacial score (nSPS) is 15.3. The van der Waals surface area contributed by atoms with Crippen LogP contribution in [0.2, 0.25) is 0 Å². The average Bonchev–Trinajstić information content (AvgIpc) is 2.70. The molecule has 1 fully saturated rings. The van der Waals surface area contributed by atoms with Crippen LogP contribution >= 0.6 is 15.9 Å². The molecule has 1 saturated heterocycles. The van der Waals surface area contributed by atoms with Gasteiger partial charge in [0.25, 0.3) is 11.8 Å². The molecule has 1 atom stereocenters. The molecule has 8 heteroatoms. The van der Waals surface area contributed by atoms with Gasteiger partial charge in [-0.15, -0.1) is 0 Å². The van der Waals surface area contributed by atoms with Crippen LogP contribution in [0.25, 0.3) is 0 Å². The topological polar surface area (TPSA) is 49.9 Å². The Balaban J connectivity index is 1.55. The number of rotatable bonds is 4. The van der Waals surface area contributed by atoms with Crippen LogP contribution < -0.4 is 4.74 Å². The molecule has 1 aliphatic heterocycles. The number of amides is 2. The molecule has 2 aromatic carbocycles. The van der Waals surface area contributed by atoms with Gasteiger partial charge >= 0.3 is 0 Å². The van der Waals surface area contributed by atoms with E-state index in [4.69, 9.17) is 4.74 Å². The molecular formula is C20H19BrF2N2O3. The lowest BCUT2D eigenvalue weighted by atomic mass is 10.1. The van der Waals surface area contributed by atoms with Gasteiger partial charge in [0, 0.05) is 36.2 Å². The standard InChI is InChI=1S/C20H19BrF2N2O3/c1-13(28-16-5-3-15(21)4-6-16)19(26)24-8-10-25(11-9-24)20(27)14-2-7-17(22)18(23)12-14/h2-7,12-13H,8-11H2,1H3. The molecule has 3 rings (SSSR count). The fraction of sp³-hybridized carbons (Fsp3) is 0.300. The molecule has 28 heavy (non-hydrogen) atoms. The molecule has 0 bridgehead atoms. The van der Waals surface area contributed by atoms with E-state index in [9.17, 15) is 18.4 Å². The predicted molar refractivity (Wildman–Crippen MR) is 103 cm³/mol. The van der Waals surface area contributed by atoms with Crippen molar-refractivity contribution in [3.05, 3.63) is 64.1 Å². The van der Waals surface area contributed by atoms with Crippen LogP contribution in [0.3, 0.4) is 0 Å². The van der Waals surface area contributed by atoms with E-state index in [0.29, 0.717) is 31.9 Å². The van der Waals surface area contributed by atoms with Gasteiger partial charge in [-0.1, -0.05) is 15.9 Å². The van der Waals surface area contributed by atoms with E-state index in [1.165, 1.54) is 11.0 Å². The van der Waals surface area contributed by atoms with E-state index in [1.54, 1.807) is 24.0 Å². The van der Waals surface area contributed by atoms with Crippen molar-refractivity contribution < 1.29 is 23.1 Å². The Kier molecular flexibility index (Phi) is 6.28. The smallest absolute Gasteiger partial charge is 0.263 e. The second-order valence-electron chi connectivity index (χ2n) is 6.46. The number of nitrogens with zero attached hydrogens (tertiary/aromatic N) is 2. The molecule has 1 aliphatic rings. The first kappa shape index (κ1) is 20.3. The summed E-state index contributed by atoms with van der Waals surface area (Å²) in [6.07, 6.45) is -0.658. The zero-order valence-electron chi connectivity index (χ0n) is 15.2. The van der Waals surface area contributed by atoms with Crippen LogP contribution in [-0.2, 0) is 4.79 Å². The Morgan fingerprint density at radius 2 is 1.57 bits per heavy atom. The van der Waals surface area contributed by atoms with Gasteiger partial charge in [-0.3, -0.25) is 9.59 Å². The quantitative estimate of drug-likeness (QED) is 0.713. The fourth-order valence-electron chi connectivity index (χ4n) is 2.97. The molecule has 2 aromatic rings. The number of halogens is 3. The highest BCUT2D eigenvalue weighted by Crippen LogP contribution is 2.18. The number of benzene rings is 2. The summed E-state index contributed by atoms with van der Waals surface area (Å²) in [5.74, 6) is -2.01. The summed E-state index contributed by atoms with van der Waals surface area (Å²) >= 11 is 3.34. The van der Waals surface area contributed by atoms with Crippen molar-refractivity contribution in [3.8, 4) is 5.75 Å². The molecule has 0 radical (unpaired) electrons. The zero-order valence-corrected chi connectivity index (χ0v) is 16.8. The van der Waals surface area contributed by atoms with E-state index in [2.05, 4.69) is 15.9 Å². The van der Waals surface area contributed by atoms with Gasteiger partial charge in [-0.25, -0.2) is 8.78 Å². The summed E-state index contributed by atoms with van der Waals surface area (Å²) in [5.41, 5.74) is 0.0885. The number of ether oxygens (including phenoxy) is 1. The number of hydrogen-bond acceptors (Lipinski definition) is 3. The Morgan fingerprint density at radius 3 is 2.18 bits per heavy atom. The molecule has 2 amide bonds. The molecule has 148 valence electrons. The first-order chi connectivity index (χ1) is 13.3. The zero-order chi connectivity index (χ0) is 20.3. The maximum atomic E-state index is 13.3. The molecular weight excluding hydrogens is 434 g/mol. The van der Waals surface area contributed by atoms with Crippen LogP contribution in [0.1, 0.15) is 17.3 Å². The molecule has 0 saturated carbocycles. The maximum Gasteiger partial charge on any atom is 0.263 e. The first-order valence-corrected chi connectivity index (χ1v) is 9.60. The van der Waals surface area contributed by atoms with E-state index in [-0.39, 0.29) is 17.4 Å². The molecule has 1 unspecified atom stereocenters. The highest BCUT2D eigenvalue weighted by atomic mass is 79.9. The summed E-state index contributed by atoms with van der Waals surface area (Å²) in [7, 11) is 0. The molecule has 0 N–H and O–H groups in total. The minimum Gasteiger partial charge on any atom is -0.481 e. The van der Waals surface area contributed by atoms with Crippen molar-refractivity contribution in [2.75, 3.05) is 26.2 Å². The number of hydrogen-bond donors (Lipinski definition) is 0. The Bertz CT molecular complexity index is 868. The van der Waals surface area contributed by atoms with Crippen LogP contribution in [0.4, 0.5) is 8.78 Å². The Morgan fingerprint density at radius 1 is 0.964 bits per heavy atom.